The van der Waals surface area contributed by atoms with Gasteiger partial charge < -0.3 is 14.6 Å². The van der Waals surface area contributed by atoms with Crippen LogP contribution in [0.15, 0.2) is 55.1 Å². The SMILES string of the molecule is CC(C)CN(Cc1cnn(C)c1)C(=O)c1cc(-n2cccc2)ccc1O. The minimum Gasteiger partial charge on any atom is -0.507 e. The molecule has 6 heteroatoms. The van der Waals surface area contributed by atoms with Gasteiger partial charge in [-0.1, -0.05) is 13.8 Å². The number of benzene rings is 1. The van der Waals surface area contributed by atoms with E-state index < -0.39 is 0 Å². The third-order valence-electron chi connectivity index (χ3n) is 4.12. The second kappa shape index (κ2) is 7.47. The van der Waals surface area contributed by atoms with Gasteiger partial charge in [0.15, 0.2) is 0 Å². The van der Waals surface area contributed by atoms with Crippen molar-refractivity contribution < 1.29 is 9.90 Å². The summed E-state index contributed by atoms with van der Waals surface area (Å²) in [5, 5.41) is 14.5. The summed E-state index contributed by atoms with van der Waals surface area (Å²) in [6.45, 7) is 5.19. The van der Waals surface area contributed by atoms with Crippen molar-refractivity contribution in [1.82, 2.24) is 19.2 Å². The Morgan fingerprint density at radius 1 is 1.27 bits per heavy atom. The second-order valence-electron chi connectivity index (χ2n) is 6.89. The van der Waals surface area contributed by atoms with Crippen molar-refractivity contribution in [2.75, 3.05) is 6.54 Å². The molecule has 0 atom stereocenters. The van der Waals surface area contributed by atoms with Crippen LogP contribution in [0.4, 0.5) is 0 Å². The van der Waals surface area contributed by atoms with Gasteiger partial charge in [-0.15, -0.1) is 0 Å². The van der Waals surface area contributed by atoms with Crippen LogP contribution in [0.5, 0.6) is 5.75 Å². The Morgan fingerprint density at radius 3 is 2.62 bits per heavy atom. The maximum Gasteiger partial charge on any atom is 0.257 e. The van der Waals surface area contributed by atoms with Crippen LogP contribution in [0.1, 0.15) is 29.8 Å². The molecule has 1 N–H and O–H groups in total. The molecule has 0 unspecified atom stereocenters. The van der Waals surface area contributed by atoms with Gasteiger partial charge in [-0.25, -0.2) is 0 Å². The molecule has 3 aromatic rings. The Hall–Kier alpha value is -3.02. The zero-order valence-corrected chi connectivity index (χ0v) is 15.3. The first kappa shape index (κ1) is 17.8. The van der Waals surface area contributed by atoms with Crippen LogP contribution in [0.2, 0.25) is 0 Å². The summed E-state index contributed by atoms with van der Waals surface area (Å²) in [6.07, 6.45) is 7.47. The number of carbonyl (C=O) groups is 1. The van der Waals surface area contributed by atoms with Crippen molar-refractivity contribution >= 4 is 5.91 Å². The van der Waals surface area contributed by atoms with Gasteiger partial charge in [0.05, 0.1) is 11.8 Å². The highest BCUT2D eigenvalue weighted by Crippen LogP contribution is 2.24. The Kier molecular flexibility index (Phi) is 5.11. The number of carbonyl (C=O) groups excluding carboxylic acids is 1. The number of phenolic OH excluding ortho intramolecular Hbond substituents is 1. The molecule has 1 aromatic carbocycles. The summed E-state index contributed by atoms with van der Waals surface area (Å²) in [7, 11) is 1.85. The van der Waals surface area contributed by atoms with Crippen LogP contribution in [0, 0.1) is 5.92 Å². The predicted molar refractivity (Wildman–Crippen MR) is 100 cm³/mol. The summed E-state index contributed by atoms with van der Waals surface area (Å²) >= 11 is 0. The first-order chi connectivity index (χ1) is 12.4. The molecular formula is C20H24N4O2. The quantitative estimate of drug-likeness (QED) is 0.741. The fraction of sp³-hybridized carbons (Fsp3) is 0.300. The summed E-state index contributed by atoms with van der Waals surface area (Å²) < 4.78 is 3.63. The van der Waals surface area contributed by atoms with Gasteiger partial charge in [-0.3, -0.25) is 9.48 Å². The standard InChI is InChI=1S/C20H24N4O2/c1-15(2)12-24(14-16-11-21-22(3)13-16)20(26)18-10-17(6-7-19(18)25)23-8-4-5-9-23/h4-11,13,15,25H,12,14H2,1-3H3. The van der Waals surface area contributed by atoms with Crippen LogP contribution in [-0.2, 0) is 13.6 Å². The van der Waals surface area contributed by atoms with E-state index in [0.717, 1.165) is 11.3 Å². The first-order valence-corrected chi connectivity index (χ1v) is 8.67. The van der Waals surface area contributed by atoms with E-state index in [4.69, 9.17) is 0 Å². The molecule has 1 amide bonds. The van der Waals surface area contributed by atoms with Gasteiger partial charge in [-0.05, 0) is 36.2 Å². The molecule has 0 aliphatic heterocycles. The highest BCUT2D eigenvalue weighted by Gasteiger charge is 2.21. The molecule has 0 spiro atoms. The third kappa shape index (κ3) is 3.96. The molecule has 0 bridgehead atoms. The molecule has 2 aromatic heterocycles. The minimum absolute atomic E-state index is 0.00847. The van der Waals surface area contributed by atoms with Gasteiger partial charge >= 0.3 is 0 Å². The van der Waals surface area contributed by atoms with Crippen molar-refractivity contribution in [3.63, 3.8) is 0 Å². The average Bonchev–Trinajstić information content (AvgIpc) is 3.25. The fourth-order valence-corrected chi connectivity index (χ4v) is 2.97. The van der Waals surface area contributed by atoms with E-state index in [-0.39, 0.29) is 11.7 Å². The number of aromatic nitrogens is 3. The highest BCUT2D eigenvalue weighted by molar-refractivity contribution is 5.97. The minimum atomic E-state index is -0.186. The molecule has 26 heavy (non-hydrogen) atoms. The summed E-state index contributed by atoms with van der Waals surface area (Å²) in [6, 6.07) is 8.93. The number of aromatic hydroxyl groups is 1. The lowest BCUT2D eigenvalue weighted by atomic mass is 10.1. The number of nitrogens with zero attached hydrogens (tertiary/aromatic N) is 4. The van der Waals surface area contributed by atoms with Crippen LogP contribution in [0.25, 0.3) is 5.69 Å². The number of rotatable bonds is 6. The lowest BCUT2D eigenvalue weighted by molar-refractivity contribution is 0.0719. The number of hydrogen-bond acceptors (Lipinski definition) is 3. The van der Waals surface area contributed by atoms with Crippen molar-refractivity contribution in [2.45, 2.75) is 20.4 Å². The third-order valence-corrected chi connectivity index (χ3v) is 4.12. The molecule has 2 heterocycles. The van der Waals surface area contributed by atoms with Gasteiger partial charge in [0.1, 0.15) is 5.75 Å². The molecule has 0 saturated heterocycles. The van der Waals surface area contributed by atoms with Gasteiger partial charge in [-0.2, -0.15) is 5.10 Å². The molecule has 0 radical (unpaired) electrons. The van der Waals surface area contributed by atoms with E-state index >= 15 is 0 Å². The van der Waals surface area contributed by atoms with Gasteiger partial charge in [0.25, 0.3) is 5.91 Å². The van der Waals surface area contributed by atoms with Crippen LogP contribution in [0.3, 0.4) is 0 Å². The molecular weight excluding hydrogens is 328 g/mol. The second-order valence-corrected chi connectivity index (χ2v) is 6.89. The molecule has 0 aliphatic carbocycles. The van der Waals surface area contributed by atoms with Gasteiger partial charge in [0, 0.05) is 50.0 Å². The van der Waals surface area contributed by atoms with E-state index in [0.29, 0.717) is 24.6 Å². The monoisotopic (exact) mass is 352 g/mol. The summed E-state index contributed by atoms with van der Waals surface area (Å²) in [4.78, 5) is 14.9. The van der Waals surface area contributed by atoms with Gasteiger partial charge in [0.2, 0.25) is 0 Å². The number of hydrogen-bond donors (Lipinski definition) is 1. The normalized spacial score (nSPS) is 11.1. The topological polar surface area (TPSA) is 63.3 Å². The average molecular weight is 352 g/mol. The molecule has 0 saturated carbocycles. The van der Waals surface area contributed by atoms with E-state index in [1.54, 1.807) is 34.0 Å². The summed E-state index contributed by atoms with van der Waals surface area (Å²) in [5.41, 5.74) is 2.10. The number of aryl methyl sites for hydroxylation is 1. The van der Waals surface area contributed by atoms with E-state index in [2.05, 4.69) is 18.9 Å². The predicted octanol–water partition coefficient (Wildman–Crippen LogP) is 3.21. The summed E-state index contributed by atoms with van der Waals surface area (Å²) in [5.74, 6) is 0.116. The maximum atomic E-state index is 13.2. The van der Waals surface area contributed by atoms with Crippen molar-refractivity contribution in [2.24, 2.45) is 13.0 Å². The van der Waals surface area contributed by atoms with Crippen LogP contribution in [-0.4, -0.2) is 36.8 Å². The van der Waals surface area contributed by atoms with E-state index in [1.165, 1.54) is 0 Å². The van der Waals surface area contributed by atoms with E-state index in [1.807, 2.05) is 42.3 Å². The zero-order valence-electron chi connectivity index (χ0n) is 15.3. The fourth-order valence-electron chi connectivity index (χ4n) is 2.97. The molecule has 0 fully saturated rings. The maximum absolute atomic E-state index is 13.2. The largest absolute Gasteiger partial charge is 0.507 e. The Balaban J connectivity index is 1.91. The van der Waals surface area contributed by atoms with E-state index in [9.17, 15) is 9.90 Å². The highest BCUT2D eigenvalue weighted by atomic mass is 16.3. The number of amides is 1. The zero-order chi connectivity index (χ0) is 18.7. The lowest BCUT2D eigenvalue weighted by Crippen LogP contribution is -2.33. The number of phenols is 1. The Morgan fingerprint density at radius 2 is 2.00 bits per heavy atom. The molecule has 136 valence electrons. The Bertz CT molecular complexity index is 881. The molecule has 0 aliphatic rings. The molecule has 3 rings (SSSR count). The van der Waals surface area contributed by atoms with Crippen molar-refractivity contribution in [3.05, 3.63) is 66.2 Å². The first-order valence-electron chi connectivity index (χ1n) is 8.67. The lowest BCUT2D eigenvalue weighted by Gasteiger charge is -2.25. The van der Waals surface area contributed by atoms with Crippen molar-refractivity contribution in [3.8, 4) is 11.4 Å². The van der Waals surface area contributed by atoms with Crippen LogP contribution >= 0.6 is 0 Å². The Labute approximate surface area is 153 Å². The molecule has 6 nitrogen and oxygen atoms in total. The van der Waals surface area contributed by atoms with Crippen molar-refractivity contribution in [1.29, 1.82) is 0 Å². The smallest absolute Gasteiger partial charge is 0.257 e. The van der Waals surface area contributed by atoms with Crippen LogP contribution < -0.4 is 0 Å².